The predicted octanol–water partition coefficient (Wildman–Crippen LogP) is 3.88. The molecule has 2 rings (SSSR count). The lowest BCUT2D eigenvalue weighted by molar-refractivity contribution is -0.0104. The van der Waals surface area contributed by atoms with E-state index in [1.165, 1.54) is 30.4 Å². The Labute approximate surface area is 123 Å². The minimum atomic E-state index is -0.427. The topological polar surface area (TPSA) is 46.2 Å². The van der Waals surface area contributed by atoms with Gasteiger partial charge in [0.05, 0.1) is 6.10 Å². The summed E-state index contributed by atoms with van der Waals surface area (Å²) >= 11 is 0. The van der Waals surface area contributed by atoms with E-state index in [-0.39, 0.29) is 5.41 Å². The highest BCUT2D eigenvalue weighted by atomic mass is 16.3. The lowest BCUT2D eigenvalue weighted by Crippen LogP contribution is -2.40. The third-order valence-corrected chi connectivity index (χ3v) is 5.22. The molecule has 2 heteroatoms. The van der Waals surface area contributed by atoms with Crippen LogP contribution < -0.4 is 5.73 Å². The normalized spacial score (nSPS) is 28.4. The van der Waals surface area contributed by atoms with Crippen molar-refractivity contribution in [2.75, 3.05) is 6.54 Å². The van der Waals surface area contributed by atoms with Crippen molar-refractivity contribution in [1.29, 1.82) is 0 Å². The Bertz CT molecular complexity index is 426. The van der Waals surface area contributed by atoms with Crippen LogP contribution in [0, 0.1) is 25.2 Å². The maximum atomic E-state index is 10.9. The van der Waals surface area contributed by atoms with Crippen LogP contribution in [0.15, 0.2) is 18.2 Å². The second-order valence-corrected chi connectivity index (χ2v) is 6.74. The van der Waals surface area contributed by atoms with Crippen LogP contribution in [0.3, 0.4) is 0 Å². The molecule has 1 saturated carbocycles. The van der Waals surface area contributed by atoms with Crippen molar-refractivity contribution in [3.63, 3.8) is 0 Å². The molecule has 1 aliphatic carbocycles. The van der Waals surface area contributed by atoms with E-state index in [0.29, 0.717) is 6.54 Å². The van der Waals surface area contributed by atoms with Crippen molar-refractivity contribution in [3.05, 3.63) is 34.9 Å². The molecular weight excluding hydrogens is 246 g/mol. The first-order chi connectivity index (χ1) is 9.50. The summed E-state index contributed by atoms with van der Waals surface area (Å²) in [5.41, 5.74) is 9.44. The summed E-state index contributed by atoms with van der Waals surface area (Å²) in [6.07, 6.45) is 5.33. The first kappa shape index (κ1) is 15.5. The largest absolute Gasteiger partial charge is 0.388 e. The van der Waals surface area contributed by atoms with Crippen molar-refractivity contribution in [2.45, 2.75) is 59.0 Å². The van der Waals surface area contributed by atoms with E-state index >= 15 is 0 Å². The number of aryl methyl sites for hydroxylation is 2. The average Bonchev–Trinajstić information content (AvgIpc) is 2.45. The summed E-state index contributed by atoms with van der Waals surface area (Å²) in [6.45, 7) is 7.02. The molecule has 1 unspecified atom stereocenters. The van der Waals surface area contributed by atoms with Crippen LogP contribution in [-0.2, 0) is 0 Å². The van der Waals surface area contributed by atoms with Crippen LogP contribution in [0.2, 0.25) is 0 Å². The van der Waals surface area contributed by atoms with Gasteiger partial charge in [0.25, 0.3) is 0 Å². The zero-order chi connectivity index (χ0) is 14.8. The maximum Gasteiger partial charge on any atom is 0.0858 e. The molecular formula is C18H29NO. The van der Waals surface area contributed by atoms with E-state index < -0.39 is 6.10 Å². The molecule has 3 N–H and O–H groups in total. The fraction of sp³-hybridized carbons (Fsp3) is 0.667. The van der Waals surface area contributed by atoms with E-state index in [1.807, 2.05) is 0 Å². The summed E-state index contributed by atoms with van der Waals surface area (Å²) in [6, 6.07) is 6.38. The summed E-state index contributed by atoms with van der Waals surface area (Å²) < 4.78 is 0. The molecule has 0 aromatic heterocycles. The lowest BCUT2D eigenvalue weighted by Gasteiger charge is -2.43. The second kappa shape index (κ2) is 6.28. The smallest absolute Gasteiger partial charge is 0.0858 e. The molecule has 2 nitrogen and oxygen atoms in total. The summed E-state index contributed by atoms with van der Waals surface area (Å²) in [4.78, 5) is 0. The quantitative estimate of drug-likeness (QED) is 0.876. The molecule has 1 fully saturated rings. The first-order valence-electron chi connectivity index (χ1n) is 7.97. The van der Waals surface area contributed by atoms with Crippen molar-refractivity contribution in [3.8, 4) is 0 Å². The Kier molecular flexibility index (Phi) is 4.87. The molecule has 0 radical (unpaired) electrons. The van der Waals surface area contributed by atoms with Gasteiger partial charge in [-0.05, 0) is 51.0 Å². The second-order valence-electron chi connectivity index (χ2n) is 6.74. The van der Waals surface area contributed by atoms with E-state index in [0.717, 1.165) is 24.3 Å². The SMILES string of the molecule is CCC1CCC(CN)(C(O)c2cc(C)cc(C)c2)CC1. The molecule has 0 bridgehead atoms. The third kappa shape index (κ3) is 3.07. The van der Waals surface area contributed by atoms with Crippen molar-refractivity contribution in [2.24, 2.45) is 17.1 Å². The van der Waals surface area contributed by atoms with Gasteiger partial charge in [0.15, 0.2) is 0 Å². The van der Waals surface area contributed by atoms with E-state index in [4.69, 9.17) is 5.73 Å². The third-order valence-electron chi connectivity index (χ3n) is 5.22. The molecule has 20 heavy (non-hydrogen) atoms. The van der Waals surface area contributed by atoms with Gasteiger partial charge in [-0.1, -0.05) is 42.7 Å². The van der Waals surface area contributed by atoms with Crippen molar-refractivity contribution in [1.82, 2.24) is 0 Å². The number of aliphatic hydroxyl groups excluding tert-OH is 1. The molecule has 0 aliphatic heterocycles. The molecule has 0 amide bonds. The van der Waals surface area contributed by atoms with Crippen LogP contribution in [0.5, 0.6) is 0 Å². The fourth-order valence-electron chi connectivity index (χ4n) is 3.77. The van der Waals surface area contributed by atoms with Crippen LogP contribution in [0.25, 0.3) is 0 Å². The molecule has 112 valence electrons. The molecule has 1 aliphatic rings. The predicted molar refractivity (Wildman–Crippen MR) is 84.6 cm³/mol. The number of nitrogens with two attached hydrogens (primary N) is 1. The number of rotatable bonds is 4. The Morgan fingerprint density at radius 3 is 2.20 bits per heavy atom. The van der Waals surface area contributed by atoms with Gasteiger partial charge in [0, 0.05) is 12.0 Å². The van der Waals surface area contributed by atoms with Gasteiger partial charge in [-0.25, -0.2) is 0 Å². The molecule has 1 aromatic rings. The van der Waals surface area contributed by atoms with Gasteiger partial charge in [-0.2, -0.15) is 0 Å². The summed E-state index contributed by atoms with van der Waals surface area (Å²) in [5, 5.41) is 10.9. The van der Waals surface area contributed by atoms with Crippen LogP contribution in [0.1, 0.15) is 61.8 Å². The minimum absolute atomic E-state index is 0.119. The fourth-order valence-corrected chi connectivity index (χ4v) is 3.77. The van der Waals surface area contributed by atoms with Crippen LogP contribution in [0.4, 0.5) is 0 Å². The molecule has 0 saturated heterocycles. The minimum Gasteiger partial charge on any atom is -0.388 e. The summed E-state index contributed by atoms with van der Waals surface area (Å²) in [7, 11) is 0. The zero-order valence-corrected chi connectivity index (χ0v) is 13.2. The average molecular weight is 275 g/mol. The highest BCUT2D eigenvalue weighted by molar-refractivity contribution is 5.31. The monoisotopic (exact) mass is 275 g/mol. The van der Waals surface area contributed by atoms with Gasteiger partial charge >= 0.3 is 0 Å². The molecule has 1 aromatic carbocycles. The van der Waals surface area contributed by atoms with Crippen molar-refractivity contribution < 1.29 is 5.11 Å². The number of aliphatic hydroxyl groups is 1. The standard InChI is InChI=1S/C18H29NO/c1-4-15-5-7-18(12-19,8-6-15)17(20)16-10-13(2)9-14(3)11-16/h9-11,15,17,20H,4-8,12,19H2,1-3H3. The highest BCUT2D eigenvalue weighted by Gasteiger charge is 2.40. The molecule has 1 atom stereocenters. The lowest BCUT2D eigenvalue weighted by atomic mass is 9.65. The number of hydrogen-bond acceptors (Lipinski definition) is 2. The van der Waals surface area contributed by atoms with E-state index in [9.17, 15) is 5.11 Å². The Balaban J connectivity index is 2.22. The van der Waals surface area contributed by atoms with Gasteiger partial charge in [0.2, 0.25) is 0 Å². The van der Waals surface area contributed by atoms with Gasteiger partial charge in [0.1, 0.15) is 0 Å². The van der Waals surface area contributed by atoms with E-state index in [1.54, 1.807) is 0 Å². The first-order valence-corrected chi connectivity index (χ1v) is 7.97. The zero-order valence-electron chi connectivity index (χ0n) is 13.2. The Hall–Kier alpha value is -0.860. The van der Waals surface area contributed by atoms with Gasteiger partial charge < -0.3 is 10.8 Å². The van der Waals surface area contributed by atoms with Crippen LogP contribution in [-0.4, -0.2) is 11.7 Å². The molecule has 0 spiro atoms. The summed E-state index contributed by atoms with van der Waals surface area (Å²) in [5.74, 6) is 0.820. The Morgan fingerprint density at radius 1 is 1.20 bits per heavy atom. The van der Waals surface area contributed by atoms with Gasteiger partial charge in [-0.3, -0.25) is 0 Å². The van der Waals surface area contributed by atoms with Gasteiger partial charge in [-0.15, -0.1) is 0 Å². The molecule has 0 heterocycles. The van der Waals surface area contributed by atoms with Crippen LogP contribution >= 0.6 is 0 Å². The Morgan fingerprint density at radius 2 is 1.75 bits per heavy atom. The number of benzene rings is 1. The maximum absolute atomic E-state index is 10.9. The number of hydrogen-bond donors (Lipinski definition) is 2. The van der Waals surface area contributed by atoms with Crippen molar-refractivity contribution >= 4 is 0 Å². The highest BCUT2D eigenvalue weighted by Crippen LogP contribution is 2.47. The van der Waals surface area contributed by atoms with E-state index in [2.05, 4.69) is 39.0 Å².